The summed E-state index contributed by atoms with van der Waals surface area (Å²) in [7, 11) is 0. The van der Waals surface area contributed by atoms with Gasteiger partial charge in [-0.2, -0.15) is 5.10 Å². The first kappa shape index (κ1) is 14.1. The van der Waals surface area contributed by atoms with Crippen molar-refractivity contribution < 1.29 is 9.59 Å². The maximum absolute atomic E-state index is 12.8. The van der Waals surface area contributed by atoms with Gasteiger partial charge in [0.05, 0.1) is 29.1 Å². The SMILES string of the molecule is O=C1C2CN(c3ncnc4[nH]ncc34)CC2C(=O)N1c1ccccc1. The molecule has 8 heteroatoms. The zero-order valence-corrected chi connectivity index (χ0v) is 13.2. The number of nitrogens with one attached hydrogen (secondary N) is 1. The van der Waals surface area contributed by atoms with E-state index in [0.717, 1.165) is 5.39 Å². The van der Waals surface area contributed by atoms with Crippen molar-refractivity contribution in [3.8, 4) is 0 Å². The Kier molecular flexibility index (Phi) is 2.87. The molecule has 0 radical (unpaired) electrons. The molecule has 2 amide bonds. The minimum Gasteiger partial charge on any atom is -0.354 e. The van der Waals surface area contributed by atoms with E-state index in [1.807, 2.05) is 23.1 Å². The quantitative estimate of drug-likeness (QED) is 0.702. The largest absolute Gasteiger partial charge is 0.354 e. The first-order valence-corrected chi connectivity index (χ1v) is 8.06. The summed E-state index contributed by atoms with van der Waals surface area (Å²) < 4.78 is 0. The number of nitrogens with zero attached hydrogens (tertiary/aromatic N) is 5. The Balaban J connectivity index is 1.47. The number of anilines is 2. The fourth-order valence-electron chi connectivity index (χ4n) is 3.75. The number of hydrogen-bond acceptors (Lipinski definition) is 6. The summed E-state index contributed by atoms with van der Waals surface area (Å²) in [6.07, 6.45) is 3.13. The summed E-state index contributed by atoms with van der Waals surface area (Å²) in [5.41, 5.74) is 1.28. The lowest BCUT2D eigenvalue weighted by molar-refractivity contribution is -0.122. The lowest BCUT2D eigenvalue weighted by Crippen LogP contribution is -2.36. The monoisotopic (exact) mass is 334 g/mol. The van der Waals surface area contributed by atoms with E-state index in [4.69, 9.17) is 0 Å². The van der Waals surface area contributed by atoms with E-state index in [2.05, 4.69) is 20.2 Å². The van der Waals surface area contributed by atoms with Crippen molar-refractivity contribution in [1.29, 1.82) is 0 Å². The van der Waals surface area contributed by atoms with Gasteiger partial charge in [0, 0.05) is 13.1 Å². The first-order valence-electron chi connectivity index (χ1n) is 8.06. The van der Waals surface area contributed by atoms with Gasteiger partial charge in [0.25, 0.3) is 0 Å². The van der Waals surface area contributed by atoms with Crippen molar-refractivity contribution >= 4 is 34.4 Å². The molecular weight excluding hydrogens is 320 g/mol. The van der Waals surface area contributed by atoms with Crippen LogP contribution in [-0.4, -0.2) is 45.1 Å². The number of H-pyrrole nitrogens is 1. The summed E-state index contributed by atoms with van der Waals surface area (Å²) in [4.78, 5) is 37.4. The van der Waals surface area contributed by atoms with Crippen LogP contribution in [-0.2, 0) is 9.59 Å². The Morgan fingerprint density at radius 2 is 1.72 bits per heavy atom. The highest BCUT2D eigenvalue weighted by molar-refractivity contribution is 6.22. The minimum atomic E-state index is -0.343. The van der Waals surface area contributed by atoms with Gasteiger partial charge in [-0.25, -0.2) is 14.9 Å². The zero-order chi connectivity index (χ0) is 17.0. The number of carbonyl (C=O) groups is 2. The average Bonchev–Trinajstić information content (AvgIpc) is 3.33. The third kappa shape index (κ3) is 1.97. The molecule has 2 aromatic heterocycles. The number of para-hydroxylation sites is 1. The van der Waals surface area contributed by atoms with Crippen LogP contribution in [0.15, 0.2) is 42.9 Å². The molecule has 2 unspecified atom stereocenters. The lowest BCUT2D eigenvalue weighted by Gasteiger charge is -2.21. The Morgan fingerprint density at radius 1 is 1.00 bits per heavy atom. The van der Waals surface area contributed by atoms with Gasteiger partial charge in [-0.15, -0.1) is 0 Å². The molecule has 0 spiro atoms. The molecule has 2 aliphatic heterocycles. The third-order valence-corrected chi connectivity index (χ3v) is 4.94. The summed E-state index contributed by atoms with van der Waals surface area (Å²) in [6, 6.07) is 9.09. The third-order valence-electron chi connectivity index (χ3n) is 4.94. The molecular formula is C17H14N6O2. The second-order valence-corrected chi connectivity index (χ2v) is 6.29. The first-order chi connectivity index (χ1) is 12.2. The van der Waals surface area contributed by atoms with Gasteiger partial charge in [0.1, 0.15) is 12.1 Å². The molecule has 0 bridgehead atoms. The topological polar surface area (TPSA) is 95.1 Å². The number of imide groups is 1. The summed E-state index contributed by atoms with van der Waals surface area (Å²) in [6.45, 7) is 0.936. The Hall–Kier alpha value is -3.29. The van der Waals surface area contributed by atoms with Gasteiger partial charge in [-0.05, 0) is 12.1 Å². The molecule has 2 aliphatic rings. The predicted octanol–water partition coefficient (Wildman–Crippen LogP) is 0.979. The standard InChI is InChI=1S/C17H14N6O2/c24-16-12-7-22(15-11-6-20-21-14(11)18-9-19-15)8-13(12)17(25)23(16)10-4-2-1-3-5-10/h1-6,9,12-13H,7-8H2,(H,18,19,20,21). The molecule has 25 heavy (non-hydrogen) atoms. The van der Waals surface area contributed by atoms with E-state index in [1.54, 1.807) is 18.3 Å². The van der Waals surface area contributed by atoms with E-state index < -0.39 is 0 Å². The fourth-order valence-corrected chi connectivity index (χ4v) is 3.75. The second kappa shape index (κ2) is 5.10. The number of carbonyl (C=O) groups excluding carboxylic acids is 2. The van der Waals surface area contributed by atoms with E-state index in [0.29, 0.717) is 30.2 Å². The highest BCUT2D eigenvalue weighted by atomic mass is 16.2. The molecule has 0 aliphatic carbocycles. The molecule has 124 valence electrons. The van der Waals surface area contributed by atoms with Gasteiger partial charge < -0.3 is 4.90 Å². The molecule has 8 nitrogen and oxygen atoms in total. The number of benzene rings is 1. The molecule has 2 fully saturated rings. The van der Waals surface area contributed by atoms with Crippen LogP contribution in [0.2, 0.25) is 0 Å². The van der Waals surface area contributed by atoms with Gasteiger partial charge in [-0.1, -0.05) is 18.2 Å². The average molecular weight is 334 g/mol. The molecule has 2 saturated heterocycles. The van der Waals surface area contributed by atoms with Gasteiger partial charge in [0.15, 0.2) is 5.65 Å². The Bertz CT molecular complexity index is 961. The summed E-state index contributed by atoms with van der Waals surface area (Å²) >= 11 is 0. The smallest absolute Gasteiger partial charge is 0.239 e. The van der Waals surface area contributed by atoms with Crippen molar-refractivity contribution in [3.05, 3.63) is 42.9 Å². The number of fused-ring (bicyclic) bond motifs is 2. The highest BCUT2D eigenvalue weighted by Gasteiger charge is 2.53. The van der Waals surface area contributed by atoms with Crippen LogP contribution >= 0.6 is 0 Å². The van der Waals surface area contributed by atoms with Crippen molar-refractivity contribution in [2.24, 2.45) is 11.8 Å². The lowest BCUT2D eigenvalue weighted by atomic mass is 10.00. The fraction of sp³-hybridized carbons (Fsp3) is 0.235. The highest BCUT2D eigenvalue weighted by Crippen LogP contribution is 2.38. The van der Waals surface area contributed by atoms with Crippen LogP contribution in [0, 0.1) is 11.8 Å². The van der Waals surface area contributed by atoms with Crippen LogP contribution in [0.25, 0.3) is 11.0 Å². The Labute approximate surface area is 142 Å². The second-order valence-electron chi connectivity index (χ2n) is 6.29. The van der Waals surface area contributed by atoms with E-state index >= 15 is 0 Å². The maximum Gasteiger partial charge on any atom is 0.239 e. The molecule has 4 heterocycles. The van der Waals surface area contributed by atoms with Gasteiger partial charge in [0.2, 0.25) is 11.8 Å². The van der Waals surface area contributed by atoms with Crippen LogP contribution in [0.3, 0.4) is 0 Å². The van der Waals surface area contributed by atoms with Gasteiger partial charge >= 0.3 is 0 Å². The normalized spacial score (nSPS) is 22.9. The van der Waals surface area contributed by atoms with Crippen molar-refractivity contribution in [1.82, 2.24) is 20.2 Å². The number of aromatic amines is 1. The minimum absolute atomic E-state index is 0.138. The molecule has 3 aromatic rings. The zero-order valence-electron chi connectivity index (χ0n) is 13.2. The number of amides is 2. The van der Waals surface area contributed by atoms with E-state index in [-0.39, 0.29) is 23.7 Å². The van der Waals surface area contributed by atoms with E-state index in [9.17, 15) is 9.59 Å². The number of aromatic nitrogens is 4. The summed E-state index contributed by atoms with van der Waals surface area (Å²) in [5, 5.41) is 7.59. The Morgan fingerprint density at radius 3 is 2.44 bits per heavy atom. The van der Waals surface area contributed by atoms with Crippen LogP contribution in [0.4, 0.5) is 11.5 Å². The molecule has 5 rings (SSSR count). The van der Waals surface area contributed by atoms with Crippen LogP contribution in [0.5, 0.6) is 0 Å². The van der Waals surface area contributed by atoms with Crippen molar-refractivity contribution in [3.63, 3.8) is 0 Å². The van der Waals surface area contributed by atoms with Crippen molar-refractivity contribution in [2.45, 2.75) is 0 Å². The van der Waals surface area contributed by atoms with Crippen molar-refractivity contribution in [2.75, 3.05) is 22.9 Å². The molecule has 1 N–H and O–H groups in total. The predicted molar refractivity (Wildman–Crippen MR) is 89.8 cm³/mol. The van der Waals surface area contributed by atoms with Gasteiger partial charge in [-0.3, -0.25) is 14.7 Å². The number of hydrogen-bond donors (Lipinski definition) is 1. The summed E-state index contributed by atoms with van der Waals surface area (Å²) in [5.74, 6) is -0.253. The molecule has 1 aromatic carbocycles. The van der Waals surface area contributed by atoms with Crippen LogP contribution < -0.4 is 9.80 Å². The maximum atomic E-state index is 12.8. The van der Waals surface area contributed by atoms with E-state index in [1.165, 1.54) is 11.2 Å². The number of rotatable bonds is 2. The van der Waals surface area contributed by atoms with Crippen LogP contribution in [0.1, 0.15) is 0 Å². The molecule has 2 atom stereocenters. The molecule has 0 saturated carbocycles.